The molecule has 0 bridgehead atoms. The quantitative estimate of drug-likeness (QED) is 0.718. The third-order valence-electron chi connectivity index (χ3n) is 3.70. The molecule has 1 unspecified atom stereocenters. The van der Waals surface area contributed by atoms with Crippen LogP contribution in [0.15, 0.2) is 29.2 Å². The van der Waals surface area contributed by atoms with E-state index in [1.54, 1.807) is 12.1 Å². The Hall–Kier alpha value is -1.11. The Bertz CT molecular complexity index is 522. The van der Waals surface area contributed by atoms with E-state index in [-0.39, 0.29) is 0 Å². The molecule has 0 saturated carbocycles. The van der Waals surface area contributed by atoms with Crippen molar-refractivity contribution in [3.8, 4) is 0 Å². The summed E-state index contributed by atoms with van der Waals surface area (Å²) in [7, 11) is -3.36. The van der Waals surface area contributed by atoms with Gasteiger partial charge in [-0.05, 0) is 62.5 Å². The summed E-state index contributed by atoms with van der Waals surface area (Å²) in [4.78, 5) is 0.320. The highest BCUT2D eigenvalue weighted by Gasteiger charge is 2.14. The van der Waals surface area contributed by atoms with Gasteiger partial charge in [0.15, 0.2) is 0 Å². The first-order chi connectivity index (χ1) is 10.1. The minimum absolute atomic E-state index is 0.320. The zero-order chi connectivity index (χ0) is 15.1. The molecule has 0 spiro atoms. The SMILES string of the molecule is CCCNS(=O)(=O)c1ccc(NCC2CCCNC2)cc1. The molecule has 5 nitrogen and oxygen atoms in total. The highest BCUT2D eigenvalue weighted by atomic mass is 32.2. The van der Waals surface area contributed by atoms with Gasteiger partial charge in [-0.15, -0.1) is 0 Å². The van der Waals surface area contributed by atoms with Gasteiger partial charge in [0, 0.05) is 18.8 Å². The van der Waals surface area contributed by atoms with E-state index in [1.807, 2.05) is 19.1 Å². The minimum atomic E-state index is -3.36. The molecule has 1 aliphatic heterocycles. The fourth-order valence-electron chi connectivity index (χ4n) is 2.43. The number of hydrogen-bond donors (Lipinski definition) is 3. The van der Waals surface area contributed by atoms with E-state index >= 15 is 0 Å². The Morgan fingerprint density at radius 3 is 2.67 bits per heavy atom. The van der Waals surface area contributed by atoms with E-state index in [9.17, 15) is 8.42 Å². The van der Waals surface area contributed by atoms with Crippen LogP contribution in [0.25, 0.3) is 0 Å². The lowest BCUT2D eigenvalue weighted by atomic mass is 10.00. The van der Waals surface area contributed by atoms with E-state index < -0.39 is 10.0 Å². The van der Waals surface area contributed by atoms with Crippen molar-refractivity contribution in [3.63, 3.8) is 0 Å². The second-order valence-electron chi connectivity index (χ2n) is 5.52. The van der Waals surface area contributed by atoms with Gasteiger partial charge < -0.3 is 10.6 Å². The molecule has 1 heterocycles. The van der Waals surface area contributed by atoms with Crippen LogP contribution in [0.1, 0.15) is 26.2 Å². The van der Waals surface area contributed by atoms with Gasteiger partial charge in [0.05, 0.1) is 4.90 Å². The number of rotatable bonds is 7. The molecule has 1 aromatic rings. The van der Waals surface area contributed by atoms with Crippen LogP contribution in [0, 0.1) is 5.92 Å². The first kappa shape index (κ1) is 16.3. The summed E-state index contributed by atoms with van der Waals surface area (Å²) in [6.45, 7) is 5.51. The van der Waals surface area contributed by atoms with Gasteiger partial charge in [0.25, 0.3) is 0 Å². The summed E-state index contributed by atoms with van der Waals surface area (Å²) in [5.41, 5.74) is 0.968. The fraction of sp³-hybridized carbons (Fsp3) is 0.600. The molecule has 6 heteroatoms. The maximum atomic E-state index is 12.0. The van der Waals surface area contributed by atoms with Gasteiger partial charge in [-0.1, -0.05) is 6.92 Å². The van der Waals surface area contributed by atoms with Crippen LogP contribution in [0.4, 0.5) is 5.69 Å². The number of anilines is 1. The predicted octanol–water partition coefficient (Wildman–Crippen LogP) is 1.79. The Balaban J connectivity index is 1.89. The number of piperidine rings is 1. The third-order valence-corrected chi connectivity index (χ3v) is 5.18. The second kappa shape index (κ2) is 7.77. The summed E-state index contributed by atoms with van der Waals surface area (Å²) in [6, 6.07) is 6.96. The van der Waals surface area contributed by atoms with Gasteiger partial charge in [0.1, 0.15) is 0 Å². The first-order valence-corrected chi connectivity index (χ1v) is 9.14. The topological polar surface area (TPSA) is 70.2 Å². The molecule has 3 N–H and O–H groups in total. The zero-order valence-corrected chi connectivity index (χ0v) is 13.4. The van der Waals surface area contributed by atoms with Crippen molar-refractivity contribution >= 4 is 15.7 Å². The molecule has 1 saturated heterocycles. The minimum Gasteiger partial charge on any atom is -0.385 e. The monoisotopic (exact) mass is 311 g/mol. The molecule has 2 rings (SSSR count). The smallest absolute Gasteiger partial charge is 0.240 e. The summed E-state index contributed by atoms with van der Waals surface area (Å²) >= 11 is 0. The summed E-state index contributed by atoms with van der Waals surface area (Å²) in [6.07, 6.45) is 3.26. The Kier molecular flexibility index (Phi) is 6.02. The third kappa shape index (κ3) is 4.98. The summed E-state index contributed by atoms with van der Waals surface area (Å²) in [5.74, 6) is 0.647. The molecule has 0 amide bonds. The van der Waals surface area contributed by atoms with Crippen molar-refractivity contribution in [2.75, 3.05) is 31.5 Å². The lowest BCUT2D eigenvalue weighted by Gasteiger charge is -2.23. The van der Waals surface area contributed by atoms with Crippen LogP contribution in [0.5, 0.6) is 0 Å². The fourth-order valence-corrected chi connectivity index (χ4v) is 3.57. The molecule has 0 aliphatic carbocycles. The molecular weight excluding hydrogens is 286 g/mol. The van der Waals surface area contributed by atoms with E-state index in [2.05, 4.69) is 15.4 Å². The molecule has 1 atom stereocenters. The van der Waals surface area contributed by atoms with E-state index in [0.717, 1.165) is 31.7 Å². The Morgan fingerprint density at radius 2 is 2.05 bits per heavy atom. The predicted molar refractivity (Wildman–Crippen MR) is 86.0 cm³/mol. The van der Waals surface area contributed by atoms with Crippen molar-refractivity contribution in [3.05, 3.63) is 24.3 Å². The van der Waals surface area contributed by atoms with Crippen molar-refractivity contribution in [1.82, 2.24) is 10.0 Å². The van der Waals surface area contributed by atoms with Crippen LogP contribution >= 0.6 is 0 Å². The van der Waals surface area contributed by atoms with Crippen molar-refractivity contribution < 1.29 is 8.42 Å². The normalized spacial score (nSPS) is 19.4. The maximum absolute atomic E-state index is 12.0. The van der Waals surface area contributed by atoms with Crippen LogP contribution in [-0.4, -0.2) is 34.6 Å². The number of sulfonamides is 1. The molecule has 1 fully saturated rings. The Labute approximate surface area is 127 Å². The van der Waals surface area contributed by atoms with E-state index in [1.165, 1.54) is 12.8 Å². The van der Waals surface area contributed by atoms with Crippen molar-refractivity contribution in [2.45, 2.75) is 31.1 Å². The highest BCUT2D eigenvalue weighted by Crippen LogP contribution is 2.16. The average molecular weight is 311 g/mol. The second-order valence-corrected chi connectivity index (χ2v) is 7.28. The molecule has 21 heavy (non-hydrogen) atoms. The summed E-state index contributed by atoms with van der Waals surface area (Å²) < 4.78 is 26.5. The molecule has 1 aromatic carbocycles. The van der Waals surface area contributed by atoms with E-state index in [4.69, 9.17) is 0 Å². The average Bonchev–Trinajstić information content (AvgIpc) is 2.52. The van der Waals surface area contributed by atoms with Gasteiger partial charge >= 0.3 is 0 Å². The molecule has 118 valence electrons. The maximum Gasteiger partial charge on any atom is 0.240 e. The first-order valence-electron chi connectivity index (χ1n) is 7.66. The molecule has 1 aliphatic rings. The lowest BCUT2D eigenvalue weighted by molar-refractivity contribution is 0.393. The number of benzene rings is 1. The standard InChI is InChI=1S/C15H25N3O2S/c1-2-9-18-21(19,20)15-7-5-14(6-8-15)17-12-13-4-3-10-16-11-13/h5-8,13,16-18H,2-4,9-12H2,1H3. The van der Waals surface area contributed by atoms with Crippen molar-refractivity contribution in [2.24, 2.45) is 5.92 Å². The zero-order valence-electron chi connectivity index (χ0n) is 12.6. The van der Waals surface area contributed by atoms with E-state index in [0.29, 0.717) is 17.4 Å². The summed E-state index contributed by atoms with van der Waals surface area (Å²) in [5, 5.41) is 6.77. The van der Waals surface area contributed by atoms with Gasteiger partial charge in [-0.3, -0.25) is 0 Å². The Morgan fingerprint density at radius 1 is 1.29 bits per heavy atom. The highest BCUT2D eigenvalue weighted by molar-refractivity contribution is 7.89. The van der Waals surface area contributed by atoms with Crippen molar-refractivity contribution in [1.29, 1.82) is 0 Å². The van der Waals surface area contributed by atoms with Crippen LogP contribution in [0.3, 0.4) is 0 Å². The van der Waals surface area contributed by atoms with Crippen LogP contribution in [0.2, 0.25) is 0 Å². The molecule has 0 aromatic heterocycles. The van der Waals surface area contributed by atoms with Gasteiger partial charge in [0.2, 0.25) is 10.0 Å². The lowest BCUT2D eigenvalue weighted by Crippen LogP contribution is -2.33. The molecule has 0 radical (unpaired) electrons. The number of nitrogens with one attached hydrogen (secondary N) is 3. The number of hydrogen-bond acceptors (Lipinski definition) is 4. The van der Waals surface area contributed by atoms with Gasteiger partial charge in [-0.25, -0.2) is 13.1 Å². The van der Waals surface area contributed by atoms with Crippen LogP contribution < -0.4 is 15.4 Å². The molecular formula is C15H25N3O2S. The largest absolute Gasteiger partial charge is 0.385 e. The van der Waals surface area contributed by atoms with Gasteiger partial charge in [-0.2, -0.15) is 0 Å². The van der Waals surface area contributed by atoms with Crippen LogP contribution in [-0.2, 0) is 10.0 Å².